The molecule has 0 saturated carbocycles. The minimum Gasteiger partial charge on any atom is -0.356 e. The van der Waals surface area contributed by atoms with E-state index in [1.54, 1.807) is 0 Å². The van der Waals surface area contributed by atoms with Crippen molar-refractivity contribution in [3.63, 3.8) is 0 Å². The molecule has 1 aromatic heterocycles. The van der Waals surface area contributed by atoms with Crippen LogP contribution in [-0.2, 0) is 6.42 Å². The fraction of sp³-hybridized carbons (Fsp3) is 0.0857. The molecule has 7 rings (SSSR count). The average Bonchev–Trinajstić information content (AvgIpc) is 3.42. The lowest BCUT2D eigenvalue weighted by molar-refractivity contribution is 1.18. The molecule has 0 bridgehead atoms. The van der Waals surface area contributed by atoms with Gasteiger partial charge in [-0.15, -0.1) is 0 Å². The van der Waals surface area contributed by atoms with E-state index < -0.39 is 0 Å². The molecule has 0 radical (unpaired) electrons. The van der Waals surface area contributed by atoms with Crippen molar-refractivity contribution in [1.82, 2.24) is 4.57 Å². The summed E-state index contributed by atoms with van der Waals surface area (Å²) in [5.74, 6) is 0. The van der Waals surface area contributed by atoms with Gasteiger partial charge < -0.3 is 9.88 Å². The van der Waals surface area contributed by atoms with Crippen LogP contribution >= 0.6 is 0 Å². The highest BCUT2D eigenvalue weighted by atomic mass is 15.0. The van der Waals surface area contributed by atoms with Gasteiger partial charge in [0.2, 0.25) is 0 Å². The van der Waals surface area contributed by atoms with Crippen molar-refractivity contribution in [3.8, 4) is 16.8 Å². The highest BCUT2D eigenvalue weighted by molar-refractivity contribution is 6.10. The number of para-hydroxylation sites is 2. The van der Waals surface area contributed by atoms with Gasteiger partial charge in [0.1, 0.15) is 0 Å². The van der Waals surface area contributed by atoms with E-state index >= 15 is 0 Å². The van der Waals surface area contributed by atoms with Gasteiger partial charge in [0, 0.05) is 27.8 Å². The smallest absolute Gasteiger partial charge is 0.0541 e. The Morgan fingerprint density at radius 3 is 2.14 bits per heavy atom. The Hall–Kier alpha value is -4.56. The van der Waals surface area contributed by atoms with E-state index in [9.17, 15) is 0 Å². The summed E-state index contributed by atoms with van der Waals surface area (Å²) < 4.78 is 2.36. The maximum Gasteiger partial charge on any atom is 0.0541 e. The first-order valence-corrected chi connectivity index (χ1v) is 12.9. The molecule has 37 heavy (non-hydrogen) atoms. The topological polar surface area (TPSA) is 17.0 Å². The average molecular weight is 477 g/mol. The molecule has 178 valence electrons. The minimum atomic E-state index is 1.05. The van der Waals surface area contributed by atoms with E-state index in [2.05, 4.69) is 139 Å². The highest BCUT2D eigenvalue weighted by Crippen LogP contribution is 2.36. The Balaban J connectivity index is 1.22. The van der Waals surface area contributed by atoms with Crippen molar-refractivity contribution < 1.29 is 0 Å². The van der Waals surface area contributed by atoms with Gasteiger partial charge in [-0.3, -0.25) is 0 Å². The maximum atomic E-state index is 3.60. The van der Waals surface area contributed by atoms with Crippen LogP contribution in [0.2, 0.25) is 0 Å². The number of aromatic nitrogens is 1. The lowest BCUT2D eigenvalue weighted by Crippen LogP contribution is -1.93. The van der Waals surface area contributed by atoms with Gasteiger partial charge in [0.25, 0.3) is 0 Å². The van der Waals surface area contributed by atoms with Crippen LogP contribution in [0, 0.1) is 0 Å². The molecule has 0 unspecified atom stereocenters. The summed E-state index contributed by atoms with van der Waals surface area (Å²) >= 11 is 0. The molecule has 5 aromatic carbocycles. The fourth-order valence-electron chi connectivity index (χ4n) is 5.75. The summed E-state index contributed by atoms with van der Waals surface area (Å²) in [5, 5.41) is 6.15. The molecule has 0 saturated heterocycles. The normalized spacial score (nSPS) is 12.9. The largest absolute Gasteiger partial charge is 0.356 e. The molecule has 2 nitrogen and oxygen atoms in total. The first kappa shape index (κ1) is 21.7. The Bertz CT molecular complexity index is 1820. The number of nitrogens with zero attached hydrogens (tertiary/aromatic N) is 1. The number of allylic oxidation sites excluding steroid dienone is 2. The van der Waals surface area contributed by atoms with E-state index in [4.69, 9.17) is 0 Å². The Labute approximate surface area is 217 Å². The number of hydrogen-bond donors (Lipinski definition) is 1. The molecule has 0 fully saturated rings. The minimum absolute atomic E-state index is 1.05. The molecule has 1 N–H and O–H groups in total. The summed E-state index contributed by atoms with van der Waals surface area (Å²) in [6, 6.07) is 41.6. The van der Waals surface area contributed by atoms with E-state index in [1.807, 2.05) is 0 Å². The summed E-state index contributed by atoms with van der Waals surface area (Å²) in [6.45, 7) is 4.46. The van der Waals surface area contributed by atoms with Gasteiger partial charge in [-0.2, -0.15) is 0 Å². The zero-order valence-corrected chi connectivity index (χ0v) is 21.1. The second kappa shape index (κ2) is 8.53. The lowest BCUT2D eigenvalue weighted by atomic mass is 10.0. The predicted octanol–water partition coefficient (Wildman–Crippen LogP) is 9.54. The third-order valence-electron chi connectivity index (χ3n) is 7.80. The maximum absolute atomic E-state index is 3.60. The van der Waals surface area contributed by atoms with Crippen molar-refractivity contribution in [1.29, 1.82) is 0 Å². The molecule has 1 aliphatic rings. The number of benzene rings is 5. The molecule has 1 aliphatic carbocycles. The van der Waals surface area contributed by atoms with Crippen LogP contribution < -0.4 is 5.32 Å². The molecule has 0 aliphatic heterocycles. The Kier molecular flexibility index (Phi) is 5.00. The van der Waals surface area contributed by atoms with Crippen LogP contribution in [0.25, 0.3) is 44.2 Å². The third kappa shape index (κ3) is 3.65. The monoisotopic (exact) mass is 476 g/mol. The molecule has 0 atom stereocenters. The van der Waals surface area contributed by atoms with Crippen molar-refractivity contribution in [2.45, 2.75) is 20.3 Å². The first-order valence-electron chi connectivity index (χ1n) is 12.9. The van der Waals surface area contributed by atoms with Crippen LogP contribution in [-0.4, -0.2) is 4.57 Å². The Morgan fingerprint density at radius 2 is 1.30 bits per heavy atom. The van der Waals surface area contributed by atoms with Gasteiger partial charge in [0.15, 0.2) is 0 Å². The molecule has 1 heterocycles. The van der Waals surface area contributed by atoms with Gasteiger partial charge in [-0.25, -0.2) is 0 Å². The molecular formula is C35H28N2. The third-order valence-corrected chi connectivity index (χ3v) is 7.80. The zero-order valence-electron chi connectivity index (χ0n) is 21.1. The molecule has 0 amide bonds. The zero-order chi connectivity index (χ0) is 24.9. The Morgan fingerprint density at radius 1 is 0.595 bits per heavy atom. The molecule has 6 aromatic rings. The van der Waals surface area contributed by atoms with E-state index in [0.29, 0.717) is 0 Å². The SMILES string of the molecule is CC1=C(C)c2ccc(Nc3ccc(-c4ccc5c(c4)c4ccccc4n5-c4ccccc4)cc3)cc2C1. The number of hydrogen-bond acceptors (Lipinski definition) is 1. The molecule has 2 heteroatoms. The number of fused-ring (bicyclic) bond motifs is 4. The molecular weight excluding hydrogens is 448 g/mol. The van der Waals surface area contributed by atoms with Crippen molar-refractivity contribution in [3.05, 3.63) is 132 Å². The summed E-state index contributed by atoms with van der Waals surface area (Å²) in [7, 11) is 0. The predicted molar refractivity (Wildman–Crippen MR) is 158 cm³/mol. The van der Waals surface area contributed by atoms with Crippen LogP contribution in [0.4, 0.5) is 11.4 Å². The second-order valence-corrected chi connectivity index (χ2v) is 10.1. The van der Waals surface area contributed by atoms with E-state index in [-0.39, 0.29) is 0 Å². The van der Waals surface area contributed by atoms with Crippen LogP contribution in [0.3, 0.4) is 0 Å². The summed E-state index contributed by atoms with van der Waals surface area (Å²) in [6.07, 6.45) is 1.05. The van der Waals surface area contributed by atoms with Crippen molar-refractivity contribution >= 4 is 38.8 Å². The van der Waals surface area contributed by atoms with Crippen molar-refractivity contribution in [2.24, 2.45) is 0 Å². The standard InChI is InChI=1S/C35H28N2/c1-23-20-27-21-29(17-18-31(27)24(23)2)36-28-15-12-25(13-16-28)26-14-19-35-33(22-26)32-10-6-7-11-34(32)37(35)30-8-4-3-5-9-30/h3-19,21-22,36H,20H2,1-2H3. The summed E-state index contributed by atoms with van der Waals surface area (Å²) in [4.78, 5) is 0. The van der Waals surface area contributed by atoms with Crippen LogP contribution in [0.1, 0.15) is 25.0 Å². The number of rotatable bonds is 4. The fourth-order valence-corrected chi connectivity index (χ4v) is 5.75. The van der Waals surface area contributed by atoms with Crippen LogP contribution in [0.5, 0.6) is 0 Å². The lowest BCUT2D eigenvalue weighted by Gasteiger charge is -2.11. The first-order chi connectivity index (χ1) is 18.2. The van der Waals surface area contributed by atoms with E-state index in [1.165, 1.54) is 60.9 Å². The van der Waals surface area contributed by atoms with Gasteiger partial charge in [-0.1, -0.05) is 66.2 Å². The highest BCUT2D eigenvalue weighted by Gasteiger charge is 2.16. The van der Waals surface area contributed by atoms with Gasteiger partial charge in [0.05, 0.1) is 11.0 Å². The summed E-state index contributed by atoms with van der Waals surface area (Å²) in [5.41, 5.74) is 14.0. The number of nitrogens with one attached hydrogen (secondary N) is 1. The van der Waals surface area contributed by atoms with Gasteiger partial charge >= 0.3 is 0 Å². The van der Waals surface area contributed by atoms with Crippen molar-refractivity contribution in [2.75, 3.05) is 5.32 Å². The quantitative estimate of drug-likeness (QED) is 0.268. The second-order valence-electron chi connectivity index (χ2n) is 10.1. The number of anilines is 2. The van der Waals surface area contributed by atoms with Gasteiger partial charge in [-0.05, 0) is 103 Å². The molecule has 0 spiro atoms. The van der Waals surface area contributed by atoms with E-state index in [0.717, 1.165) is 17.8 Å². The van der Waals surface area contributed by atoms with Crippen LogP contribution in [0.15, 0.2) is 121 Å².